The van der Waals surface area contributed by atoms with E-state index < -0.39 is 0 Å². The molecule has 3 nitrogen and oxygen atoms in total. The van der Waals surface area contributed by atoms with E-state index in [-0.39, 0.29) is 10.8 Å². The number of nitrogens with zero attached hydrogens (tertiary/aromatic N) is 3. The summed E-state index contributed by atoms with van der Waals surface area (Å²) in [4.78, 5) is 20.4. The lowest BCUT2D eigenvalue weighted by molar-refractivity contribution is 0.403. The number of benzene rings is 5. The highest BCUT2D eigenvalue weighted by Crippen LogP contribution is 2.51. The molecule has 0 bridgehead atoms. The van der Waals surface area contributed by atoms with Crippen molar-refractivity contribution in [1.82, 2.24) is 15.0 Å². The van der Waals surface area contributed by atoms with Crippen molar-refractivity contribution in [3.63, 3.8) is 0 Å². The van der Waals surface area contributed by atoms with Gasteiger partial charge in [0.15, 0.2) is 17.5 Å². The summed E-state index contributed by atoms with van der Waals surface area (Å²) < 4.78 is 0. The standard InChI is InChI=1S/C40H33N3S2/c1-39(2)24-40(3,4)31-22-28(18-20-30(31)39)37-41-36(27-16-14-26(15-17-27)25-10-6-5-7-11-25)42-38(43-37)29-19-21-34-35(23-29)45-33-13-9-8-12-32(33)44-34/h5-23H,24H2,1-4H3. The average molecular weight is 620 g/mol. The highest BCUT2D eigenvalue weighted by molar-refractivity contribution is 8.05. The van der Waals surface area contributed by atoms with Crippen molar-refractivity contribution in [2.45, 2.75) is 64.5 Å². The van der Waals surface area contributed by atoms with Crippen LogP contribution in [0.1, 0.15) is 45.2 Å². The van der Waals surface area contributed by atoms with Crippen molar-refractivity contribution in [2.75, 3.05) is 0 Å². The number of hydrogen-bond donors (Lipinski definition) is 0. The van der Waals surface area contributed by atoms with Gasteiger partial charge in [-0.25, -0.2) is 15.0 Å². The van der Waals surface area contributed by atoms with Crippen LogP contribution in [0.5, 0.6) is 0 Å². The molecule has 2 heterocycles. The third-order valence-electron chi connectivity index (χ3n) is 9.00. The molecule has 8 rings (SSSR count). The average Bonchev–Trinajstić information content (AvgIpc) is 3.26. The Morgan fingerprint density at radius 2 is 0.889 bits per heavy atom. The Balaban J connectivity index is 1.25. The smallest absolute Gasteiger partial charge is 0.164 e. The summed E-state index contributed by atoms with van der Waals surface area (Å²) in [6.07, 6.45) is 1.12. The minimum absolute atomic E-state index is 0.0878. The maximum absolute atomic E-state index is 5.13. The van der Waals surface area contributed by atoms with Crippen LogP contribution in [0.3, 0.4) is 0 Å². The van der Waals surface area contributed by atoms with Gasteiger partial charge in [0.2, 0.25) is 0 Å². The van der Waals surface area contributed by atoms with E-state index in [1.165, 1.54) is 41.8 Å². The summed E-state index contributed by atoms with van der Waals surface area (Å²) in [7, 11) is 0. The van der Waals surface area contributed by atoms with Gasteiger partial charge in [0.1, 0.15) is 0 Å². The van der Waals surface area contributed by atoms with Crippen LogP contribution in [-0.4, -0.2) is 15.0 Å². The lowest BCUT2D eigenvalue weighted by atomic mass is 9.82. The predicted molar refractivity (Wildman–Crippen MR) is 187 cm³/mol. The molecule has 5 heteroatoms. The van der Waals surface area contributed by atoms with Crippen LogP contribution in [0.2, 0.25) is 0 Å². The van der Waals surface area contributed by atoms with Crippen LogP contribution in [0.15, 0.2) is 135 Å². The van der Waals surface area contributed by atoms with Crippen LogP contribution in [0.4, 0.5) is 0 Å². The molecule has 0 saturated carbocycles. The van der Waals surface area contributed by atoms with E-state index in [2.05, 4.69) is 137 Å². The fourth-order valence-corrected chi connectivity index (χ4v) is 9.26. The Morgan fingerprint density at radius 1 is 0.422 bits per heavy atom. The van der Waals surface area contributed by atoms with Gasteiger partial charge in [0.25, 0.3) is 0 Å². The quantitative estimate of drug-likeness (QED) is 0.196. The van der Waals surface area contributed by atoms with Gasteiger partial charge in [-0.2, -0.15) is 0 Å². The van der Waals surface area contributed by atoms with Crippen LogP contribution in [0.25, 0.3) is 45.3 Å². The van der Waals surface area contributed by atoms with Gasteiger partial charge in [0, 0.05) is 36.3 Å². The molecule has 0 N–H and O–H groups in total. The number of rotatable bonds is 4. The molecule has 220 valence electrons. The Morgan fingerprint density at radius 3 is 1.58 bits per heavy atom. The van der Waals surface area contributed by atoms with Crippen molar-refractivity contribution < 1.29 is 0 Å². The first-order valence-electron chi connectivity index (χ1n) is 15.4. The molecular formula is C40H33N3S2. The van der Waals surface area contributed by atoms with Crippen molar-refractivity contribution in [3.05, 3.63) is 126 Å². The summed E-state index contributed by atoms with van der Waals surface area (Å²) in [5, 5.41) is 0. The molecule has 2 aliphatic rings. The Hall–Kier alpha value is -4.19. The first kappa shape index (κ1) is 28.3. The minimum Gasteiger partial charge on any atom is -0.208 e. The summed E-state index contributed by atoms with van der Waals surface area (Å²) in [6, 6.07) is 41.0. The summed E-state index contributed by atoms with van der Waals surface area (Å²) in [6.45, 7) is 9.40. The van der Waals surface area contributed by atoms with Crippen LogP contribution < -0.4 is 0 Å². The van der Waals surface area contributed by atoms with Crippen molar-refractivity contribution in [2.24, 2.45) is 0 Å². The molecule has 5 aromatic carbocycles. The molecule has 1 aliphatic carbocycles. The fourth-order valence-electron chi connectivity index (χ4n) is 7.00. The molecule has 0 fully saturated rings. The largest absolute Gasteiger partial charge is 0.208 e. The zero-order chi connectivity index (χ0) is 30.8. The number of aromatic nitrogens is 3. The third kappa shape index (κ3) is 5.18. The molecule has 0 amide bonds. The van der Waals surface area contributed by atoms with Crippen LogP contribution in [-0.2, 0) is 10.8 Å². The zero-order valence-electron chi connectivity index (χ0n) is 25.8. The summed E-state index contributed by atoms with van der Waals surface area (Å²) in [5.74, 6) is 2.07. The lowest BCUT2D eigenvalue weighted by Crippen LogP contribution is -2.17. The van der Waals surface area contributed by atoms with Gasteiger partial charge in [-0.1, -0.05) is 130 Å². The summed E-state index contributed by atoms with van der Waals surface area (Å²) in [5.41, 5.74) is 8.40. The molecule has 0 saturated heterocycles. The molecule has 1 aliphatic heterocycles. The first-order chi connectivity index (χ1) is 21.7. The second kappa shape index (κ2) is 10.7. The van der Waals surface area contributed by atoms with Gasteiger partial charge in [0.05, 0.1) is 0 Å². The first-order valence-corrected chi connectivity index (χ1v) is 17.0. The van der Waals surface area contributed by atoms with E-state index in [4.69, 9.17) is 15.0 Å². The molecular weight excluding hydrogens is 587 g/mol. The monoisotopic (exact) mass is 619 g/mol. The van der Waals surface area contributed by atoms with Crippen molar-refractivity contribution >= 4 is 23.5 Å². The Labute approximate surface area is 273 Å². The van der Waals surface area contributed by atoms with E-state index in [9.17, 15) is 0 Å². The fraction of sp³-hybridized carbons (Fsp3) is 0.175. The second-order valence-corrected chi connectivity index (χ2v) is 15.4. The molecule has 0 atom stereocenters. The topological polar surface area (TPSA) is 38.7 Å². The highest BCUT2D eigenvalue weighted by Gasteiger charge is 2.41. The van der Waals surface area contributed by atoms with Crippen LogP contribution in [0, 0.1) is 0 Å². The SMILES string of the molecule is CC1(C)CC(C)(C)c2cc(-c3nc(-c4ccc(-c5ccccc5)cc4)nc(-c4ccc5c(c4)Sc4ccccc4S5)n3)ccc21. The Bertz CT molecular complexity index is 2080. The van der Waals surface area contributed by atoms with Gasteiger partial charge in [-0.15, -0.1) is 0 Å². The number of fused-ring (bicyclic) bond motifs is 3. The predicted octanol–water partition coefficient (Wildman–Crippen LogP) is 11.1. The second-order valence-electron chi connectivity index (χ2n) is 13.3. The van der Waals surface area contributed by atoms with Crippen molar-refractivity contribution in [3.8, 4) is 45.3 Å². The third-order valence-corrected chi connectivity index (χ3v) is 11.5. The van der Waals surface area contributed by atoms with E-state index in [0.29, 0.717) is 17.5 Å². The molecule has 1 aromatic heterocycles. The van der Waals surface area contributed by atoms with E-state index in [1.807, 2.05) is 29.6 Å². The van der Waals surface area contributed by atoms with Gasteiger partial charge in [-0.3, -0.25) is 0 Å². The molecule has 6 aromatic rings. The zero-order valence-corrected chi connectivity index (χ0v) is 27.5. The highest BCUT2D eigenvalue weighted by atomic mass is 32.2. The maximum Gasteiger partial charge on any atom is 0.164 e. The van der Waals surface area contributed by atoms with Gasteiger partial charge >= 0.3 is 0 Å². The molecule has 0 radical (unpaired) electrons. The van der Waals surface area contributed by atoms with Gasteiger partial charge in [-0.05, 0) is 75.9 Å². The van der Waals surface area contributed by atoms with Crippen LogP contribution >= 0.6 is 23.5 Å². The molecule has 45 heavy (non-hydrogen) atoms. The minimum atomic E-state index is 0.0878. The summed E-state index contributed by atoms with van der Waals surface area (Å²) >= 11 is 3.64. The van der Waals surface area contributed by atoms with Gasteiger partial charge < -0.3 is 0 Å². The van der Waals surface area contributed by atoms with E-state index >= 15 is 0 Å². The molecule has 0 unspecified atom stereocenters. The van der Waals surface area contributed by atoms with E-state index in [1.54, 1.807) is 0 Å². The lowest BCUT2D eigenvalue weighted by Gasteiger charge is -2.22. The van der Waals surface area contributed by atoms with E-state index in [0.717, 1.165) is 23.1 Å². The van der Waals surface area contributed by atoms with Crippen molar-refractivity contribution in [1.29, 1.82) is 0 Å². The maximum atomic E-state index is 5.13. The number of hydrogen-bond acceptors (Lipinski definition) is 5. The Kier molecular flexibility index (Phi) is 6.74. The normalized spacial score (nSPS) is 15.6. The molecule has 0 spiro atoms.